The lowest BCUT2D eigenvalue weighted by molar-refractivity contribution is -0.114. The van der Waals surface area contributed by atoms with Gasteiger partial charge in [-0.15, -0.1) is 0 Å². The Morgan fingerprint density at radius 1 is 1.77 bits per heavy atom. The number of halogens is 1. The fraction of sp³-hybridized carbons (Fsp3) is 0.333. The van der Waals surface area contributed by atoms with Gasteiger partial charge >= 0.3 is 0 Å². The standard InChI is InChI=1S/C9H11BrN2O/c1-4-7(13)5-8-9(10)6(2)11-12(8)3/h4H,1,5H2,2-3H3. The molecule has 0 fully saturated rings. The van der Waals surface area contributed by atoms with Gasteiger partial charge in [-0.3, -0.25) is 9.48 Å². The van der Waals surface area contributed by atoms with E-state index in [4.69, 9.17) is 0 Å². The maximum Gasteiger partial charge on any atom is 0.161 e. The Morgan fingerprint density at radius 2 is 2.38 bits per heavy atom. The van der Waals surface area contributed by atoms with Crippen LogP contribution in [0.15, 0.2) is 17.1 Å². The van der Waals surface area contributed by atoms with E-state index in [9.17, 15) is 4.79 Å². The maximum atomic E-state index is 11.1. The van der Waals surface area contributed by atoms with Gasteiger partial charge in [0.15, 0.2) is 5.78 Å². The van der Waals surface area contributed by atoms with Crippen molar-refractivity contribution in [2.45, 2.75) is 13.3 Å². The molecule has 0 aliphatic carbocycles. The van der Waals surface area contributed by atoms with E-state index in [1.54, 1.807) is 4.68 Å². The van der Waals surface area contributed by atoms with Crippen molar-refractivity contribution in [2.24, 2.45) is 7.05 Å². The topological polar surface area (TPSA) is 34.9 Å². The first-order valence-electron chi connectivity index (χ1n) is 3.89. The molecule has 3 nitrogen and oxygen atoms in total. The molecule has 0 saturated carbocycles. The molecule has 0 aliphatic rings. The molecular weight excluding hydrogens is 232 g/mol. The van der Waals surface area contributed by atoms with Crippen molar-refractivity contribution >= 4 is 21.7 Å². The maximum absolute atomic E-state index is 11.1. The Bertz CT molecular complexity index is 355. The molecule has 0 amide bonds. The van der Waals surface area contributed by atoms with E-state index in [2.05, 4.69) is 27.6 Å². The van der Waals surface area contributed by atoms with E-state index in [1.807, 2.05) is 14.0 Å². The molecule has 13 heavy (non-hydrogen) atoms. The lowest BCUT2D eigenvalue weighted by atomic mass is 10.2. The Balaban J connectivity index is 3.00. The number of ketones is 1. The summed E-state index contributed by atoms with van der Waals surface area (Å²) < 4.78 is 2.62. The zero-order valence-corrected chi connectivity index (χ0v) is 9.26. The molecule has 1 heterocycles. The van der Waals surface area contributed by atoms with Crippen LogP contribution in [0.5, 0.6) is 0 Å². The Hall–Kier alpha value is -0.900. The molecule has 1 aromatic rings. The highest BCUT2D eigenvalue weighted by molar-refractivity contribution is 9.10. The van der Waals surface area contributed by atoms with Gasteiger partial charge in [-0.25, -0.2) is 0 Å². The molecule has 0 saturated heterocycles. The van der Waals surface area contributed by atoms with Gasteiger partial charge in [0.2, 0.25) is 0 Å². The van der Waals surface area contributed by atoms with Crippen LogP contribution in [0.3, 0.4) is 0 Å². The summed E-state index contributed by atoms with van der Waals surface area (Å²) in [5.41, 5.74) is 1.79. The molecule has 1 rings (SSSR count). The van der Waals surface area contributed by atoms with Gasteiger partial charge in [0.05, 0.1) is 22.3 Å². The second-order valence-electron chi connectivity index (χ2n) is 2.82. The van der Waals surface area contributed by atoms with Crippen LogP contribution < -0.4 is 0 Å². The van der Waals surface area contributed by atoms with Gasteiger partial charge in [-0.1, -0.05) is 6.58 Å². The minimum Gasteiger partial charge on any atom is -0.294 e. The third-order valence-corrected chi connectivity index (χ3v) is 2.86. The third-order valence-electron chi connectivity index (χ3n) is 1.83. The molecular formula is C9H11BrN2O. The van der Waals surface area contributed by atoms with Crippen LogP contribution in [0.25, 0.3) is 0 Å². The minimum atomic E-state index is 0.00343. The molecule has 0 unspecified atom stereocenters. The van der Waals surface area contributed by atoms with E-state index >= 15 is 0 Å². The first kappa shape index (κ1) is 10.2. The molecule has 0 atom stereocenters. The highest BCUT2D eigenvalue weighted by Gasteiger charge is 2.12. The van der Waals surface area contributed by atoms with Crippen LogP contribution >= 0.6 is 15.9 Å². The second kappa shape index (κ2) is 3.87. The predicted octanol–water partition coefficient (Wildman–Crippen LogP) is 1.79. The first-order chi connectivity index (χ1) is 6.06. The zero-order chi connectivity index (χ0) is 10.0. The fourth-order valence-electron chi connectivity index (χ4n) is 1.11. The number of carbonyl (C=O) groups excluding carboxylic acids is 1. The van der Waals surface area contributed by atoms with Crippen molar-refractivity contribution < 1.29 is 4.79 Å². The summed E-state index contributed by atoms with van der Waals surface area (Å²) >= 11 is 3.39. The van der Waals surface area contributed by atoms with Gasteiger partial charge in [0.25, 0.3) is 0 Å². The lowest BCUT2D eigenvalue weighted by Gasteiger charge is -1.98. The number of carbonyl (C=O) groups is 1. The van der Waals surface area contributed by atoms with E-state index in [0.717, 1.165) is 15.9 Å². The Kier molecular flexibility index (Phi) is 3.03. The number of allylic oxidation sites excluding steroid dienone is 1. The lowest BCUT2D eigenvalue weighted by Crippen LogP contribution is -2.05. The molecule has 0 aliphatic heterocycles. The average molecular weight is 243 g/mol. The van der Waals surface area contributed by atoms with Crippen LogP contribution in [0, 0.1) is 6.92 Å². The molecule has 0 aromatic carbocycles. The predicted molar refractivity (Wildman–Crippen MR) is 54.6 cm³/mol. The summed E-state index contributed by atoms with van der Waals surface area (Å²) in [4.78, 5) is 11.1. The molecule has 70 valence electrons. The molecule has 1 aromatic heterocycles. The summed E-state index contributed by atoms with van der Waals surface area (Å²) in [7, 11) is 1.82. The van der Waals surface area contributed by atoms with Gasteiger partial charge in [-0.05, 0) is 28.9 Å². The normalized spacial score (nSPS) is 10.1. The van der Waals surface area contributed by atoms with Crippen LogP contribution in [0.1, 0.15) is 11.4 Å². The fourth-order valence-corrected chi connectivity index (χ4v) is 1.59. The summed E-state index contributed by atoms with van der Waals surface area (Å²) in [6, 6.07) is 0. The second-order valence-corrected chi connectivity index (χ2v) is 3.61. The summed E-state index contributed by atoms with van der Waals surface area (Å²) in [5, 5.41) is 4.18. The summed E-state index contributed by atoms with van der Waals surface area (Å²) in [6.45, 7) is 5.32. The number of hydrogen-bond donors (Lipinski definition) is 0. The highest BCUT2D eigenvalue weighted by atomic mass is 79.9. The molecule has 0 radical (unpaired) electrons. The van der Waals surface area contributed by atoms with Crippen molar-refractivity contribution in [2.75, 3.05) is 0 Å². The number of rotatable bonds is 3. The third kappa shape index (κ3) is 2.06. The van der Waals surface area contributed by atoms with E-state index < -0.39 is 0 Å². The number of aromatic nitrogens is 2. The molecule has 0 N–H and O–H groups in total. The highest BCUT2D eigenvalue weighted by Crippen LogP contribution is 2.20. The summed E-state index contributed by atoms with van der Waals surface area (Å²) in [6.07, 6.45) is 1.68. The van der Waals surface area contributed by atoms with E-state index in [0.29, 0.717) is 6.42 Å². The van der Waals surface area contributed by atoms with Crippen molar-refractivity contribution in [3.8, 4) is 0 Å². The zero-order valence-electron chi connectivity index (χ0n) is 7.67. The number of aryl methyl sites for hydroxylation is 2. The Morgan fingerprint density at radius 3 is 2.77 bits per heavy atom. The van der Waals surface area contributed by atoms with Crippen LogP contribution in [-0.4, -0.2) is 15.6 Å². The van der Waals surface area contributed by atoms with Crippen LogP contribution in [-0.2, 0) is 18.3 Å². The van der Waals surface area contributed by atoms with Gasteiger partial charge in [0.1, 0.15) is 0 Å². The van der Waals surface area contributed by atoms with Crippen molar-refractivity contribution in [1.29, 1.82) is 0 Å². The van der Waals surface area contributed by atoms with Gasteiger partial charge < -0.3 is 0 Å². The minimum absolute atomic E-state index is 0.00343. The van der Waals surface area contributed by atoms with Gasteiger partial charge in [-0.2, -0.15) is 5.10 Å². The Labute approximate surface area is 85.6 Å². The van der Waals surface area contributed by atoms with Crippen LogP contribution in [0.4, 0.5) is 0 Å². The number of hydrogen-bond acceptors (Lipinski definition) is 2. The first-order valence-corrected chi connectivity index (χ1v) is 4.68. The van der Waals surface area contributed by atoms with Crippen molar-refractivity contribution in [3.63, 3.8) is 0 Å². The quantitative estimate of drug-likeness (QED) is 0.758. The number of nitrogens with zero attached hydrogens (tertiary/aromatic N) is 2. The smallest absolute Gasteiger partial charge is 0.161 e. The average Bonchev–Trinajstić information content (AvgIpc) is 2.32. The van der Waals surface area contributed by atoms with Crippen molar-refractivity contribution in [3.05, 3.63) is 28.5 Å². The SMILES string of the molecule is C=CC(=O)Cc1c(Br)c(C)nn1C. The van der Waals surface area contributed by atoms with Crippen molar-refractivity contribution in [1.82, 2.24) is 9.78 Å². The largest absolute Gasteiger partial charge is 0.294 e. The molecule has 4 heteroatoms. The van der Waals surface area contributed by atoms with Gasteiger partial charge in [0, 0.05) is 7.05 Å². The van der Waals surface area contributed by atoms with E-state index in [1.165, 1.54) is 6.08 Å². The summed E-state index contributed by atoms with van der Waals surface area (Å²) in [5.74, 6) is 0.00343. The molecule has 0 spiro atoms. The monoisotopic (exact) mass is 242 g/mol. The van der Waals surface area contributed by atoms with Crippen LogP contribution in [0.2, 0.25) is 0 Å². The van der Waals surface area contributed by atoms with E-state index in [-0.39, 0.29) is 5.78 Å². The molecule has 0 bridgehead atoms.